The minimum atomic E-state index is 0. The molecule has 0 nitrogen and oxygen atoms in total. The zero-order chi connectivity index (χ0) is 5.11. The molecule has 0 aliphatic rings. The van der Waals surface area contributed by atoms with Gasteiger partial charge in [0.1, 0.15) is 0 Å². The van der Waals surface area contributed by atoms with Crippen LogP contribution in [0, 0.1) is 13.0 Å². The maximum Gasteiger partial charge on any atom is 0 e. The zero-order valence-corrected chi connectivity index (χ0v) is 6.28. The molecule has 0 aliphatic heterocycles. The minimum absolute atomic E-state index is 0. The number of hydrogen-bond acceptors (Lipinski definition) is 0. The van der Waals surface area contributed by atoms with E-state index in [-0.39, 0.29) is 19.5 Å². The van der Waals surface area contributed by atoms with Gasteiger partial charge in [-0.05, 0) is 0 Å². The van der Waals surface area contributed by atoms with Gasteiger partial charge in [-0.2, -0.15) is 35.9 Å². The van der Waals surface area contributed by atoms with Gasteiger partial charge in [-0.25, -0.2) is 0 Å². The molecule has 0 saturated heterocycles. The Morgan fingerprint density at radius 2 is 2.12 bits per heavy atom. The van der Waals surface area contributed by atoms with Crippen LogP contribution in [0.25, 0.3) is 0 Å². The van der Waals surface area contributed by atoms with Crippen LogP contribution in [0.4, 0.5) is 0 Å². The van der Waals surface area contributed by atoms with Crippen molar-refractivity contribution in [1.29, 1.82) is 0 Å². The van der Waals surface area contributed by atoms with Crippen LogP contribution in [0.15, 0.2) is 24.3 Å². The molecule has 0 amide bonds. The number of hydrogen-bond donors (Lipinski definition) is 0. The molecule has 0 saturated carbocycles. The van der Waals surface area contributed by atoms with E-state index in [0.717, 1.165) is 0 Å². The van der Waals surface area contributed by atoms with Crippen molar-refractivity contribution in [2.45, 2.75) is 6.92 Å². The van der Waals surface area contributed by atoms with Gasteiger partial charge < -0.3 is 0 Å². The van der Waals surface area contributed by atoms with Gasteiger partial charge >= 0.3 is 0 Å². The Kier molecular flexibility index (Phi) is 3.72. The first kappa shape index (κ1) is 7.84. The Balaban J connectivity index is 0.000000490. The van der Waals surface area contributed by atoms with E-state index in [1.807, 2.05) is 31.2 Å². The van der Waals surface area contributed by atoms with Crippen LogP contribution in [-0.4, -0.2) is 0 Å². The molecule has 0 spiro atoms. The molecule has 0 aromatic heterocycles. The normalized spacial score (nSPS) is 7.62. The molecule has 0 atom stereocenters. The molecule has 45 valence electrons. The summed E-state index contributed by atoms with van der Waals surface area (Å²) in [5, 5.41) is 0. The van der Waals surface area contributed by atoms with Crippen molar-refractivity contribution in [2.75, 3.05) is 0 Å². The molecule has 0 heterocycles. The summed E-state index contributed by atoms with van der Waals surface area (Å²) in [4.78, 5) is 0. The monoisotopic (exact) mass is 194 g/mol. The predicted octanol–water partition coefficient (Wildman–Crippen LogP) is 1.79. The third kappa shape index (κ3) is 2.23. The van der Waals surface area contributed by atoms with E-state index < -0.39 is 0 Å². The van der Waals surface area contributed by atoms with E-state index in [1.165, 1.54) is 5.56 Å². The molecule has 0 fully saturated rings. The SMILES string of the molecule is Cc1[c-]cccc1.[Rh]. The second kappa shape index (κ2) is 3.80. The summed E-state index contributed by atoms with van der Waals surface area (Å²) in [5.41, 5.74) is 1.20. The van der Waals surface area contributed by atoms with Gasteiger partial charge in [-0.15, -0.1) is 0 Å². The smallest absolute Gasteiger partial charge is 0 e. The molecule has 0 N–H and O–H groups in total. The van der Waals surface area contributed by atoms with E-state index in [9.17, 15) is 0 Å². The van der Waals surface area contributed by atoms with Crippen molar-refractivity contribution < 1.29 is 19.5 Å². The van der Waals surface area contributed by atoms with Gasteiger partial charge in [0.15, 0.2) is 0 Å². The number of aryl methyl sites for hydroxylation is 1. The van der Waals surface area contributed by atoms with Crippen LogP contribution in [-0.2, 0) is 19.5 Å². The molecule has 0 bridgehead atoms. The second-order valence-electron chi connectivity index (χ2n) is 1.55. The van der Waals surface area contributed by atoms with E-state index in [4.69, 9.17) is 0 Å². The molecule has 1 aromatic rings. The Bertz CT molecular complexity index is 134. The van der Waals surface area contributed by atoms with E-state index >= 15 is 0 Å². The van der Waals surface area contributed by atoms with Crippen molar-refractivity contribution in [2.24, 2.45) is 0 Å². The third-order valence-electron chi connectivity index (χ3n) is 0.865. The molecular weight excluding hydrogens is 187 g/mol. The summed E-state index contributed by atoms with van der Waals surface area (Å²) < 4.78 is 0. The first-order valence-electron chi connectivity index (χ1n) is 2.33. The molecule has 0 aliphatic carbocycles. The number of rotatable bonds is 0. The molecular formula is C7H7Rh-. The summed E-state index contributed by atoms with van der Waals surface area (Å²) in [7, 11) is 0. The molecule has 1 radical (unpaired) electrons. The fourth-order valence-corrected chi connectivity index (χ4v) is 0.483. The minimum Gasteiger partial charge on any atom is -0.181 e. The maximum atomic E-state index is 3.03. The van der Waals surface area contributed by atoms with Crippen LogP contribution in [0.3, 0.4) is 0 Å². The Hall–Kier alpha value is -0.157. The molecule has 1 rings (SSSR count). The molecule has 8 heavy (non-hydrogen) atoms. The summed E-state index contributed by atoms with van der Waals surface area (Å²) in [6, 6.07) is 10.9. The second-order valence-corrected chi connectivity index (χ2v) is 1.55. The van der Waals surface area contributed by atoms with Crippen molar-refractivity contribution >= 4 is 0 Å². The average molecular weight is 194 g/mol. The van der Waals surface area contributed by atoms with E-state index in [2.05, 4.69) is 6.07 Å². The van der Waals surface area contributed by atoms with Gasteiger partial charge in [0, 0.05) is 19.5 Å². The number of benzene rings is 1. The van der Waals surface area contributed by atoms with Crippen LogP contribution >= 0.6 is 0 Å². The largest absolute Gasteiger partial charge is 0.181 e. The predicted molar refractivity (Wildman–Crippen MR) is 30.0 cm³/mol. The maximum absolute atomic E-state index is 3.03. The summed E-state index contributed by atoms with van der Waals surface area (Å²) >= 11 is 0. The van der Waals surface area contributed by atoms with Gasteiger partial charge in [-0.1, -0.05) is 6.92 Å². The van der Waals surface area contributed by atoms with E-state index in [1.54, 1.807) is 0 Å². The topological polar surface area (TPSA) is 0 Å². The third-order valence-corrected chi connectivity index (χ3v) is 0.865. The van der Waals surface area contributed by atoms with Gasteiger partial charge in [0.2, 0.25) is 0 Å². The van der Waals surface area contributed by atoms with E-state index in [0.29, 0.717) is 0 Å². The first-order chi connectivity index (χ1) is 3.39. The first-order valence-corrected chi connectivity index (χ1v) is 2.33. The van der Waals surface area contributed by atoms with Crippen molar-refractivity contribution in [3.05, 3.63) is 35.9 Å². The summed E-state index contributed by atoms with van der Waals surface area (Å²) in [6.45, 7) is 2.03. The van der Waals surface area contributed by atoms with Crippen LogP contribution in [0.1, 0.15) is 5.56 Å². The van der Waals surface area contributed by atoms with Crippen molar-refractivity contribution in [1.82, 2.24) is 0 Å². The molecule has 0 unspecified atom stereocenters. The van der Waals surface area contributed by atoms with Gasteiger partial charge in [0.05, 0.1) is 0 Å². The zero-order valence-electron chi connectivity index (χ0n) is 4.64. The quantitative estimate of drug-likeness (QED) is 0.436. The standard InChI is InChI=1S/C7H7.Rh/c1-7-5-3-2-4-6-7;/h2-5H,1H3;/q-1;. The van der Waals surface area contributed by atoms with Crippen molar-refractivity contribution in [3.63, 3.8) is 0 Å². The van der Waals surface area contributed by atoms with Crippen LogP contribution in [0.2, 0.25) is 0 Å². The van der Waals surface area contributed by atoms with Crippen LogP contribution in [0.5, 0.6) is 0 Å². The Labute approximate surface area is 62.7 Å². The average Bonchev–Trinajstić information content (AvgIpc) is 1.69. The van der Waals surface area contributed by atoms with Gasteiger partial charge in [0.25, 0.3) is 0 Å². The van der Waals surface area contributed by atoms with Crippen LogP contribution < -0.4 is 0 Å². The van der Waals surface area contributed by atoms with Crippen molar-refractivity contribution in [3.8, 4) is 0 Å². The molecule has 1 aromatic carbocycles. The fourth-order valence-electron chi connectivity index (χ4n) is 0.483. The van der Waals surface area contributed by atoms with Gasteiger partial charge in [-0.3, -0.25) is 0 Å². The summed E-state index contributed by atoms with van der Waals surface area (Å²) in [5.74, 6) is 0. The molecule has 1 heteroatoms. The Morgan fingerprint density at radius 1 is 1.38 bits per heavy atom. The Morgan fingerprint density at radius 3 is 2.38 bits per heavy atom. The fraction of sp³-hybridized carbons (Fsp3) is 0.143. The summed E-state index contributed by atoms with van der Waals surface area (Å²) in [6.07, 6.45) is 0.